The van der Waals surface area contributed by atoms with Crippen molar-refractivity contribution in [3.05, 3.63) is 60.2 Å². The van der Waals surface area contributed by atoms with Crippen molar-refractivity contribution in [3.8, 4) is 0 Å². The lowest BCUT2D eigenvalue weighted by atomic mass is 9.88. The zero-order valence-electron chi connectivity index (χ0n) is 14.0. The topological polar surface area (TPSA) is 87.0 Å². The second-order valence-corrected chi connectivity index (χ2v) is 7.86. The van der Waals surface area contributed by atoms with E-state index in [4.69, 9.17) is 9.79 Å². The molecule has 6 heteroatoms. The predicted octanol–water partition coefficient (Wildman–Crippen LogP) is 3.84. The molecule has 0 amide bonds. The molecule has 0 saturated carbocycles. The second-order valence-electron chi connectivity index (χ2n) is 6.62. The standard InChI is InChI=1S/C20H19O5P/c21-11-13(12-25-26(22,23)24)9-17-10-16-5-1-3-14-7-8-15-4-2-6-18(17)20(15)19(14)16/h1-8,10,13,21H,9,11-12H2,(H2,22,23,24). The molecule has 0 fully saturated rings. The molecule has 26 heavy (non-hydrogen) atoms. The minimum absolute atomic E-state index is 0.195. The zero-order valence-corrected chi connectivity index (χ0v) is 14.9. The summed E-state index contributed by atoms with van der Waals surface area (Å²) in [6.45, 7) is -0.404. The van der Waals surface area contributed by atoms with Crippen LogP contribution in [0.2, 0.25) is 0 Å². The smallest absolute Gasteiger partial charge is 0.396 e. The van der Waals surface area contributed by atoms with Gasteiger partial charge in [-0.15, -0.1) is 0 Å². The normalized spacial score (nSPS) is 13.8. The summed E-state index contributed by atoms with van der Waals surface area (Å²) in [5.41, 5.74) is 1.04. The molecule has 0 aromatic heterocycles. The van der Waals surface area contributed by atoms with Crippen molar-refractivity contribution in [2.45, 2.75) is 6.42 Å². The third-order valence-electron chi connectivity index (χ3n) is 4.84. The SMILES string of the molecule is O=P(O)(O)OCC(CO)Cc1cc2cccc3ccc4cccc1c4c32. The minimum atomic E-state index is -4.55. The third kappa shape index (κ3) is 3.20. The van der Waals surface area contributed by atoms with Crippen molar-refractivity contribution in [2.24, 2.45) is 5.92 Å². The van der Waals surface area contributed by atoms with Crippen molar-refractivity contribution < 1.29 is 24.0 Å². The van der Waals surface area contributed by atoms with Gasteiger partial charge in [-0.05, 0) is 44.3 Å². The molecule has 1 atom stereocenters. The fourth-order valence-corrected chi connectivity index (χ4v) is 4.10. The van der Waals surface area contributed by atoms with E-state index < -0.39 is 13.7 Å². The van der Waals surface area contributed by atoms with Crippen LogP contribution in [0.3, 0.4) is 0 Å². The maximum absolute atomic E-state index is 11.0. The largest absolute Gasteiger partial charge is 0.469 e. The van der Waals surface area contributed by atoms with Gasteiger partial charge >= 0.3 is 7.82 Å². The molecule has 0 saturated heterocycles. The number of hydrogen-bond acceptors (Lipinski definition) is 3. The monoisotopic (exact) mass is 370 g/mol. The Morgan fingerprint density at radius 1 is 0.923 bits per heavy atom. The molecule has 4 aromatic carbocycles. The lowest BCUT2D eigenvalue weighted by Gasteiger charge is -2.18. The van der Waals surface area contributed by atoms with Gasteiger partial charge < -0.3 is 14.9 Å². The molecule has 1 unspecified atom stereocenters. The van der Waals surface area contributed by atoms with Crippen molar-refractivity contribution >= 4 is 40.1 Å². The molecule has 4 rings (SSSR count). The maximum atomic E-state index is 11.0. The number of hydrogen-bond donors (Lipinski definition) is 3. The van der Waals surface area contributed by atoms with Crippen LogP contribution in [0.15, 0.2) is 54.6 Å². The number of phosphoric acid groups is 1. The van der Waals surface area contributed by atoms with Crippen LogP contribution in [-0.2, 0) is 15.5 Å². The average Bonchev–Trinajstić information content (AvgIpc) is 2.63. The lowest BCUT2D eigenvalue weighted by molar-refractivity contribution is 0.129. The third-order valence-corrected chi connectivity index (χ3v) is 5.32. The van der Waals surface area contributed by atoms with Crippen LogP contribution in [0.5, 0.6) is 0 Å². The van der Waals surface area contributed by atoms with Crippen molar-refractivity contribution in [1.82, 2.24) is 0 Å². The van der Waals surface area contributed by atoms with E-state index in [1.54, 1.807) is 0 Å². The Morgan fingerprint density at radius 2 is 1.58 bits per heavy atom. The summed E-state index contributed by atoms with van der Waals surface area (Å²) in [5.74, 6) is -0.395. The fraction of sp³-hybridized carbons (Fsp3) is 0.200. The summed E-state index contributed by atoms with van der Waals surface area (Å²) >= 11 is 0. The van der Waals surface area contributed by atoms with Gasteiger partial charge in [0.2, 0.25) is 0 Å². The Kier molecular flexibility index (Phi) is 4.43. The summed E-state index contributed by atoms with van der Waals surface area (Å²) in [7, 11) is -4.55. The van der Waals surface area contributed by atoms with Crippen LogP contribution in [0.25, 0.3) is 32.3 Å². The van der Waals surface area contributed by atoms with E-state index in [2.05, 4.69) is 47.0 Å². The summed E-state index contributed by atoms with van der Waals surface area (Å²) in [6, 6.07) is 18.7. The quantitative estimate of drug-likeness (QED) is 0.355. The Balaban J connectivity index is 1.83. The van der Waals surface area contributed by atoms with Crippen molar-refractivity contribution in [3.63, 3.8) is 0 Å². The first-order valence-electron chi connectivity index (χ1n) is 8.42. The van der Waals surface area contributed by atoms with Gasteiger partial charge in [-0.25, -0.2) is 4.57 Å². The highest BCUT2D eigenvalue weighted by Crippen LogP contribution is 2.39. The first-order valence-corrected chi connectivity index (χ1v) is 9.95. The van der Waals surface area contributed by atoms with Gasteiger partial charge in [0.25, 0.3) is 0 Å². The number of benzene rings is 4. The molecular weight excluding hydrogens is 351 g/mol. The first-order chi connectivity index (χ1) is 12.5. The molecule has 134 valence electrons. The highest BCUT2D eigenvalue weighted by atomic mass is 31.2. The van der Waals surface area contributed by atoms with Gasteiger partial charge in [0, 0.05) is 12.5 Å². The van der Waals surface area contributed by atoms with Gasteiger partial charge in [0.1, 0.15) is 0 Å². The molecule has 0 heterocycles. The van der Waals surface area contributed by atoms with E-state index in [1.165, 1.54) is 16.2 Å². The van der Waals surface area contributed by atoms with E-state index in [9.17, 15) is 9.67 Å². The summed E-state index contributed by atoms with van der Waals surface area (Å²) < 4.78 is 15.6. The molecule has 3 N–H and O–H groups in total. The summed E-state index contributed by atoms with van der Waals surface area (Å²) in [4.78, 5) is 17.8. The fourth-order valence-electron chi connectivity index (χ4n) is 3.70. The van der Waals surface area contributed by atoms with Crippen molar-refractivity contribution in [2.75, 3.05) is 13.2 Å². The van der Waals surface area contributed by atoms with E-state index in [0.717, 1.165) is 21.7 Å². The van der Waals surface area contributed by atoms with E-state index in [-0.39, 0.29) is 13.2 Å². The Hall–Kier alpha value is -2.01. The number of rotatable bonds is 6. The Bertz CT molecular complexity index is 1120. The summed E-state index contributed by atoms with van der Waals surface area (Å²) in [6.07, 6.45) is 0.473. The first kappa shape index (κ1) is 17.4. The van der Waals surface area contributed by atoms with E-state index in [1.807, 2.05) is 12.1 Å². The molecule has 4 aromatic rings. The molecule has 0 aliphatic heterocycles. The highest BCUT2D eigenvalue weighted by molar-refractivity contribution is 7.46. The predicted molar refractivity (Wildman–Crippen MR) is 102 cm³/mol. The Labute approximate surface area is 150 Å². The number of phosphoric ester groups is 1. The summed E-state index contributed by atoms with van der Waals surface area (Å²) in [5, 5.41) is 16.6. The lowest BCUT2D eigenvalue weighted by Crippen LogP contribution is -2.16. The molecule has 5 nitrogen and oxygen atoms in total. The van der Waals surface area contributed by atoms with E-state index in [0.29, 0.717) is 6.42 Å². The second kappa shape index (κ2) is 6.62. The molecule has 0 aliphatic carbocycles. The van der Waals surface area contributed by atoms with Crippen LogP contribution in [0, 0.1) is 5.92 Å². The Morgan fingerprint density at radius 3 is 2.27 bits per heavy atom. The zero-order chi connectivity index (χ0) is 18.3. The van der Waals surface area contributed by atoms with Crippen LogP contribution < -0.4 is 0 Å². The van der Waals surface area contributed by atoms with E-state index >= 15 is 0 Å². The number of aliphatic hydroxyl groups excluding tert-OH is 1. The van der Waals surface area contributed by atoms with Crippen LogP contribution in [-0.4, -0.2) is 28.1 Å². The van der Waals surface area contributed by atoms with Gasteiger partial charge in [0.15, 0.2) is 0 Å². The van der Waals surface area contributed by atoms with Crippen LogP contribution in [0.4, 0.5) is 0 Å². The minimum Gasteiger partial charge on any atom is -0.396 e. The van der Waals surface area contributed by atoms with Gasteiger partial charge in [-0.2, -0.15) is 0 Å². The maximum Gasteiger partial charge on any atom is 0.469 e. The molecular formula is C20H19O5P. The van der Waals surface area contributed by atoms with Gasteiger partial charge in [-0.3, -0.25) is 4.52 Å². The van der Waals surface area contributed by atoms with Gasteiger partial charge in [-0.1, -0.05) is 54.6 Å². The molecule has 0 bridgehead atoms. The molecule has 0 radical (unpaired) electrons. The van der Waals surface area contributed by atoms with Crippen LogP contribution in [0.1, 0.15) is 5.56 Å². The van der Waals surface area contributed by atoms with Crippen LogP contribution >= 0.6 is 7.82 Å². The highest BCUT2D eigenvalue weighted by Gasteiger charge is 2.20. The van der Waals surface area contributed by atoms with Gasteiger partial charge in [0.05, 0.1) is 6.61 Å². The molecule has 0 spiro atoms. The number of aliphatic hydroxyl groups is 1. The average molecular weight is 370 g/mol. The van der Waals surface area contributed by atoms with Crippen molar-refractivity contribution in [1.29, 1.82) is 0 Å². The molecule has 0 aliphatic rings.